The minimum atomic E-state index is 0.0590. The summed E-state index contributed by atoms with van der Waals surface area (Å²) in [7, 11) is 4.11. The van der Waals surface area contributed by atoms with Crippen LogP contribution in [0.4, 0.5) is 5.69 Å². The Labute approximate surface area is 124 Å². The van der Waals surface area contributed by atoms with Gasteiger partial charge in [0.25, 0.3) is 0 Å². The number of anilines is 1. The standard InChI is InChI=1S/C17H20N4/c1-11(18)12-4-6-13(7-5-12)14-8-9-16-15(10-19-20-16)17(14)21(2)3/h4-11H,18H2,1-3H3,(H,19,20). The van der Waals surface area contributed by atoms with Gasteiger partial charge in [-0.25, -0.2) is 0 Å². The molecule has 1 heterocycles. The van der Waals surface area contributed by atoms with Crippen LogP contribution in [0.25, 0.3) is 22.0 Å². The molecule has 1 atom stereocenters. The Balaban J connectivity index is 2.17. The number of nitrogens with one attached hydrogen (secondary N) is 1. The molecule has 4 heteroatoms. The van der Waals surface area contributed by atoms with Crippen LogP contribution in [0.2, 0.25) is 0 Å². The Morgan fingerprint density at radius 3 is 2.43 bits per heavy atom. The molecule has 1 unspecified atom stereocenters. The van der Waals surface area contributed by atoms with Gasteiger partial charge in [0.05, 0.1) is 17.4 Å². The lowest BCUT2D eigenvalue weighted by Crippen LogP contribution is -2.10. The van der Waals surface area contributed by atoms with Crippen molar-refractivity contribution in [2.24, 2.45) is 5.73 Å². The highest BCUT2D eigenvalue weighted by Gasteiger charge is 2.13. The predicted molar refractivity (Wildman–Crippen MR) is 88.5 cm³/mol. The molecule has 0 amide bonds. The minimum absolute atomic E-state index is 0.0590. The van der Waals surface area contributed by atoms with Gasteiger partial charge < -0.3 is 10.6 Å². The molecular formula is C17H20N4. The van der Waals surface area contributed by atoms with E-state index in [9.17, 15) is 0 Å². The number of benzene rings is 2. The number of aromatic nitrogens is 2. The van der Waals surface area contributed by atoms with Gasteiger partial charge in [0.1, 0.15) is 0 Å². The van der Waals surface area contributed by atoms with Crippen LogP contribution in [-0.4, -0.2) is 24.3 Å². The highest BCUT2D eigenvalue weighted by molar-refractivity contribution is 6.00. The summed E-state index contributed by atoms with van der Waals surface area (Å²) in [5.41, 5.74) is 11.7. The first-order valence-electron chi connectivity index (χ1n) is 7.07. The maximum absolute atomic E-state index is 5.92. The zero-order valence-corrected chi connectivity index (χ0v) is 12.6. The monoisotopic (exact) mass is 280 g/mol. The fraction of sp³-hybridized carbons (Fsp3) is 0.235. The second kappa shape index (κ2) is 5.22. The molecule has 0 aliphatic heterocycles. The van der Waals surface area contributed by atoms with Crippen molar-refractivity contribution in [3.05, 3.63) is 48.2 Å². The van der Waals surface area contributed by atoms with Crippen LogP contribution in [0.3, 0.4) is 0 Å². The zero-order valence-electron chi connectivity index (χ0n) is 12.6. The summed E-state index contributed by atoms with van der Waals surface area (Å²) in [6.07, 6.45) is 1.88. The van der Waals surface area contributed by atoms with Gasteiger partial charge in [0.2, 0.25) is 0 Å². The van der Waals surface area contributed by atoms with Crippen LogP contribution < -0.4 is 10.6 Å². The van der Waals surface area contributed by atoms with E-state index in [0.717, 1.165) is 16.5 Å². The zero-order chi connectivity index (χ0) is 15.0. The van der Waals surface area contributed by atoms with Crippen molar-refractivity contribution in [2.75, 3.05) is 19.0 Å². The third kappa shape index (κ3) is 2.38. The summed E-state index contributed by atoms with van der Waals surface area (Å²) in [4.78, 5) is 2.13. The molecule has 4 nitrogen and oxygen atoms in total. The number of fused-ring (bicyclic) bond motifs is 1. The van der Waals surface area contributed by atoms with Crippen molar-refractivity contribution < 1.29 is 0 Å². The van der Waals surface area contributed by atoms with E-state index >= 15 is 0 Å². The van der Waals surface area contributed by atoms with Crippen molar-refractivity contribution >= 4 is 16.6 Å². The highest BCUT2D eigenvalue weighted by atomic mass is 15.1. The first kappa shape index (κ1) is 13.6. The van der Waals surface area contributed by atoms with Gasteiger partial charge in [-0.2, -0.15) is 5.10 Å². The topological polar surface area (TPSA) is 57.9 Å². The Hall–Kier alpha value is -2.33. The van der Waals surface area contributed by atoms with E-state index < -0.39 is 0 Å². The second-order valence-electron chi connectivity index (χ2n) is 5.60. The van der Waals surface area contributed by atoms with E-state index in [1.165, 1.54) is 16.8 Å². The molecule has 0 spiro atoms. The fourth-order valence-electron chi connectivity index (χ4n) is 2.68. The Morgan fingerprint density at radius 1 is 1.10 bits per heavy atom. The molecule has 0 saturated heterocycles. The van der Waals surface area contributed by atoms with Crippen molar-refractivity contribution in [1.29, 1.82) is 0 Å². The molecule has 3 aromatic rings. The van der Waals surface area contributed by atoms with Crippen LogP contribution in [0.5, 0.6) is 0 Å². The van der Waals surface area contributed by atoms with E-state index in [4.69, 9.17) is 5.73 Å². The van der Waals surface area contributed by atoms with E-state index in [-0.39, 0.29) is 6.04 Å². The maximum atomic E-state index is 5.92. The Kier molecular flexibility index (Phi) is 3.39. The van der Waals surface area contributed by atoms with Crippen LogP contribution in [0, 0.1) is 0 Å². The first-order valence-corrected chi connectivity index (χ1v) is 7.07. The summed E-state index contributed by atoms with van der Waals surface area (Å²) in [5, 5.41) is 8.31. The van der Waals surface area contributed by atoms with Gasteiger partial charge in [-0.1, -0.05) is 30.3 Å². The lowest BCUT2D eigenvalue weighted by molar-refractivity contribution is 0.818. The summed E-state index contributed by atoms with van der Waals surface area (Å²) in [5.74, 6) is 0. The van der Waals surface area contributed by atoms with Crippen LogP contribution in [0.1, 0.15) is 18.5 Å². The van der Waals surface area contributed by atoms with Crippen molar-refractivity contribution in [3.63, 3.8) is 0 Å². The van der Waals surface area contributed by atoms with Crippen molar-refractivity contribution in [3.8, 4) is 11.1 Å². The molecule has 0 fully saturated rings. The number of H-pyrrole nitrogens is 1. The molecule has 108 valence electrons. The van der Waals surface area contributed by atoms with Crippen LogP contribution in [0.15, 0.2) is 42.6 Å². The molecule has 21 heavy (non-hydrogen) atoms. The highest BCUT2D eigenvalue weighted by Crippen LogP contribution is 2.36. The average molecular weight is 280 g/mol. The molecule has 0 aliphatic carbocycles. The number of hydrogen-bond acceptors (Lipinski definition) is 3. The quantitative estimate of drug-likeness (QED) is 0.774. The number of nitrogens with zero attached hydrogens (tertiary/aromatic N) is 2. The number of hydrogen-bond donors (Lipinski definition) is 2. The SMILES string of the molecule is CC(N)c1ccc(-c2ccc3[nH]ncc3c2N(C)C)cc1. The van der Waals surface area contributed by atoms with Gasteiger partial charge in [-0.3, -0.25) is 5.10 Å². The normalized spacial score (nSPS) is 12.6. The third-order valence-corrected chi connectivity index (χ3v) is 3.79. The lowest BCUT2D eigenvalue weighted by Gasteiger charge is -2.19. The van der Waals surface area contributed by atoms with Crippen molar-refractivity contribution in [2.45, 2.75) is 13.0 Å². The van der Waals surface area contributed by atoms with Gasteiger partial charge in [0.15, 0.2) is 0 Å². The molecular weight excluding hydrogens is 260 g/mol. The summed E-state index contributed by atoms with van der Waals surface area (Å²) >= 11 is 0. The maximum Gasteiger partial charge on any atom is 0.0671 e. The number of nitrogens with two attached hydrogens (primary N) is 1. The third-order valence-electron chi connectivity index (χ3n) is 3.79. The average Bonchev–Trinajstić information content (AvgIpc) is 2.94. The van der Waals surface area contributed by atoms with E-state index in [0.29, 0.717) is 0 Å². The van der Waals surface area contributed by atoms with Gasteiger partial charge in [-0.15, -0.1) is 0 Å². The molecule has 3 rings (SSSR count). The molecule has 0 radical (unpaired) electrons. The summed E-state index contributed by atoms with van der Waals surface area (Å²) < 4.78 is 0. The molecule has 0 bridgehead atoms. The molecule has 0 aliphatic rings. The predicted octanol–water partition coefficient (Wildman–Crippen LogP) is 3.32. The molecule has 2 aromatic carbocycles. The Bertz CT molecular complexity index is 754. The molecule has 0 saturated carbocycles. The van der Waals surface area contributed by atoms with Crippen LogP contribution in [-0.2, 0) is 0 Å². The van der Waals surface area contributed by atoms with Crippen LogP contribution >= 0.6 is 0 Å². The van der Waals surface area contributed by atoms with E-state index in [2.05, 4.69) is 65.6 Å². The molecule has 3 N–H and O–H groups in total. The van der Waals surface area contributed by atoms with Gasteiger partial charge in [-0.05, 0) is 24.1 Å². The van der Waals surface area contributed by atoms with E-state index in [1.54, 1.807) is 0 Å². The first-order chi connectivity index (χ1) is 10.1. The summed E-state index contributed by atoms with van der Waals surface area (Å²) in [6, 6.07) is 12.7. The fourth-order valence-corrected chi connectivity index (χ4v) is 2.68. The largest absolute Gasteiger partial charge is 0.377 e. The number of aromatic amines is 1. The minimum Gasteiger partial charge on any atom is -0.377 e. The second-order valence-corrected chi connectivity index (χ2v) is 5.60. The van der Waals surface area contributed by atoms with Gasteiger partial charge >= 0.3 is 0 Å². The lowest BCUT2D eigenvalue weighted by atomic mass is 9.98. The number of rotatable bonds is 3. The smallest absolute Gasteiger partial charge is 0.0671 e. The Morgan fingerprint density at radius 2 is 1.81 bits per heavy atom. The van der Waals surface area contributed by atoms with Gasteiger partial charge in [0, 0.05) is 31.1 Å². The van der Waals surface area contributed by atoms with Crippen molar-refractivity contribution in [1.82, 2.24) is 10.2 Å². The van der Waals surface area contributed by atoms with E-state index in [1.807, 2.05) is 13.1 Å². The molecule has 1 aromatic heterocycles. The summed E-state index contributed by atoms with van der Waals surface area (Å²) in [6.45, 7) is 2.00.